The summed E-state index contributed by atoms with van der Waals surface area (Å²) in [5, 5.41) is 14.9. The van der Waals surface area contributed by atoms with Crippen molar-refractivity contribution in [2.45, 2.75) is 18.9 Å². The first-order valence-electron chi connectivity index (χ1n) is 9.96. The topological polar surface area (TPSA) is 72.6 Å². The van der Waals surface area contributed by atoms with E-state index in [9.17, 15) is 4.79 Å². The van der Waals surface area contributed by atoms with Gasteiger partial charge in [0.25, 0.3) is 0 Å². The van der Waals surface area contributed by atoms with E-state index in [1.807, 2.05) is 53.4 Å². The number of hydrogen-bond donors (Lipinski definition) is 0. The highest BCUT2D eigenvalue weighted by molar-refractivity contribution is 5.94. The van der Waals surface area contributed by atoms with Crippen LogP contribution in [-0.2, 0) is 4.79 Å². The Balaban J connectivity index is 1.39. The minimum Gasteiger partial charge on any atom is -0.497 e. The van der Waals surface area contributed by atoms with Gasteiger partial charge in [-0.05, 0) is 36.6 Å². The number of nitrogens with zero attached hydrogens (tertiary/aromatic N) is 5. The lowest BCUT2D eigenvalue weighted by molar-refractivity contribution is -0.126. The Morgan fingerprint density at radius 2 is 1.97 bits per heavy atom. The van der Waals surface area contributed by atoms with Gasteiger partial charge in [-0.25, -0.2) is 0 Å². The van der Waals surface area contributed by atoms with Crippen molar-refractivity contribution in [1.29, 1.82) is 0 Å². The summed E-state index contributed by atoms with van der Waals surface area (Å²) < 4.78 is 6.90. The molecule has 1 aliphatic heterocycles. The van der Waals surface area contributed by atoms with Crippen molar-refractivity contribution in [3.8, 4) is 5.75 Å². The SMILES string of the molecule is COc1ccc(C2CCCN2C(=O)C=Cc2nnc3c4ccccc4cnn23)cc1. The van der Waals surface area contributed by atoms with Gasteiger partial charge in [-0.2, -0.15) is 9.61 Å². The molecule has 2 aromatic carbocycles. The van der Waals surface area contributed by atoms with Gasteiger partial charge in [0, 0.05) is 23.4 Å². The maximum Gasteiger partial charge on any atom is 0.247 e. The molecule has 3 heterocycles. The van der Waals surface area contributed by atoms with Crippen LogP contribution in [-0.4, -0.2) is 44.3 Å². The molecule has 1 fully saturated rings. The summed E-state index contributed by atoms with van der Waals surface area (Å²) in [5.74, 6) is 1.31. The standard InChI is InChI=1S/C23H21N5O2/c1-30-18-10-8-16(9-11-18)20-7-4-14-27(20)22(29)13-12-21-25-26-23-19-6-3-2-5-17(19)15-24-28(21)23/h2-3,5-6,8-13,15,20H,4,7,14H2,1H3. The van der Waals surface area contributed by atoms with Gasteiger partial charge in [0.2, 0.25) is 5.91 Å². The molecule has 150 valence electrons. The van der Waals surface area contributed by atoms with Gasteiger partial charge in [0.1, 0.15) is 5.75 Å². The fraction of sp³-hybridized carbons (Fsp3) is 0.217. The van der Waals surface area contributed by atoms with Gasteiger partial charge in [-0.1, -0.05) is 36.4 Å². The van der Waals surface area contributed by atoms with E-state index < -0.39 is 0 Å². The molecule has 30 heavy (non-hydrogen) atoms. The average molecular weight is 399 g/mol. The number of methoxy groups -OCH3 is 1. The lowest BCUT2D eigenvalue weighted by Crippen LogP contribution is -2.28. The third kappa shape index (κ3) is 3.18. The fourth-order valence-electron chi connectivity index (χ4n) is 4.06. The minimum absolute atomic E-state index is 0.0362. The Morgan fingerprint density at radius 1 is 1.13 bits per heavy atom. The summed E-state index contributed by atoms with van der Waals surface area (Å²) in [7, 11) is 1.65. The predicted octanol–water partition coefficient (Wildman–Crippen LogP) is 3.66. The van der Waals surface area contributed by atoms with Crippen LogP contribution in [0.5, 0.6) is 5.75 Å². The van der Waals surface area contributed by atoms with Gasteiger partial charge in [-0.3, -0.25) is 4.79 Å². The highest BCUT2D eigenvalue weighted by Gasteiger charge is 2.28. The third-order valence-electron chi connectivity index (χ3n) is 5.59. The molecule has 0 saturated carbocycles. The maximum atomic E-state index is 12.9. The Bertz CT molecular complexity index is 1250. The molecular formula is C23H21N5O2. The average Bonchev–Trinajstić information content (AvgIpc) is 3.45. The number of carbonyl (C=O) groups is 1. The van der Waals surface area contributed by atoms with E-state index in [4.69, 9.17) is 4.74 Å². The smallest absolute Gasteiger partial charge is 0.247 e. The van der Waals surface area contributed by atoms with E-state index in [1.165, 1.54) is 0 Å². The van der Waals surface area contributed by atoms with Gasteiger partial charge in [-0.15, -0.1) is 10.2 Å². The zero-order valence-electron chi connectivity index (χ0n) is 16.6. The number of benzene rings is 2. The molecule has 5 rings (SSSR count). The zero-order chi connectivity index (χ0) is 20.5. The van der Waals surface area contributed by atoms with Crippen LogP contribution in [0.2, 0.25) is 0 Å². The van der Waals surface area contributed by atoms with E-state index in [2.05, 4.69) is 15.3 Å². The predicted molar refractivity (Wildman–Crippen MR) is 114 cm³/mol. The number of rotatable bonds is 4. The number of fused-ring (bicyclic) bond motifs is 3. The van der Waals surface area contributed by atoms with Crippen molar-refractivity contribution in [3.05, 3.63) is 72.2 Å². The highest BCUT2D eigenvalue weighted by Crippen LogP contribution is 2.33. The molecule has 7 nitrogen and oxygen atoms in total. The molecule has 2 aromatic heterocycles. The third-order valence-corrected chi connectivity index (χ3v) is 5.59. The number of hydrogen-bond acceptors (Lipinski definition) is 5. The molecule has 0 radical (unpaired) electrons. The lowest BCUT2D eigenvalue weighted by atomic mass is 10.0. The first kappa shape index (κ1) is 18.3. The second kappa shape index (κ2) is 7.59. The minimum atomic E-state index is -0.0362. The monoisotopic (exact) mass is 399 g/mol. The van der Waals surface area contributed by atoms with E-state index in [-0.39, 0.29) is 11.9 Å². The number of ether oxygens (including phenoxy) is 1. The van der Waals surface area contributed by atoms with E-state index >= 15 is 0 Å². The summed E-state index contributed by atoms with van der Waals surface area (Å²) in [6, 6.07) is 15.9. The summed E-state index contributed by atoms with van der Waals surface area (Å²) in [6.07, 6.45) is 6.97. The van der Waals surface area contributed by atoms with Crippen LogP contribution in [0.25, 0.3) is 22.5 Å². The van der Waals surface area contributed by atoms with Crippen molar-refractivity contribution >= 4 is 28.4 Å². The number of carbonyl (C=O) groups excluding carboxylic acids is 1. The Morgan fingerprint density at radius 3 is 2.80 bits per heavy atom. The molecule has 1 amide bonds. The zero-order valence-corrected chi connectivity index (χ0v) is 16.6. The van der Waals surface area contributed by atoms with Crippen molar-refractivity contribution in [3.63, 3.8) is 0 Å². The summed E-state index contributed by atoms with van der Waals surface area (Å²) in [5.41, 5.74) is 1.80. The molecule has 0 N–H and O–H groups in total. The highest BCUT2D eigenvalue weighted by atomic mass is 16.5. The number of amides is 1. The molecule has 0 bridgehead atoms. The van der Waals surface area contributed by atoms with Crippen LogP contribution in [0.15, 0.2) is 60.8 Å². The largest absolute Gasteiger partial charge is 0.497 e. The molecular weight excluding hydrogens is 378 g/mol. The van der Waals surface area contributed by atoms with E-state index in [1.54, 1.807) is 30.0 Å². The molecule has 0 aliphatic carbocycles. The summed E-state index contributed by atoms with van der Waals surface area (Å²) in [6.45, 7) is 0.739. The second-order valence-electron chi connectivity index (χ2n) is 7.32. The van der Waals surface area contributed by atoms with E-state index in [0.717, 1.165) is 41.5 Å². The lowest BCUT2D eigenvalue weighted by Gasteiger charge is -2.24. The van der Waals surface area contributed by atoms with Gasteiger partial charge in [0.05, 0.1) is 19.3 Å². The van der Waals surface area contributed by atoms with Gasteiger partial charge in [0.15, 0.2) is 11.5 Å². The number of aromatic nitrogens is 4. The van der Waals surface area contributed by atoms with Crippen LogP contribution in [0.4, 0.5) is 0 Å². The van der Waals surface area contributed by atoms with Gasteiger partial charge >= 0.3 is 0 Å². The molecule has 1 aliphatic rings. The van der Waals surface area contributed by atoms with E-state index in [0.29, 0.717) is 11.5 Å². The van der Waals surface area contributed by atoms with Gasteiger partial charge < -0.3 is 9.64 Å². The Kier molecular flexibility index (Phi) is 4.63. The first-order valence-corrected chi connectivity index (χ1v) is 9.96. The molecule has 7 heteroatoms. The molecule has 1 atom stereocenters. The van der Waals surface area contributed by atoms with Crippen LogP contribution in [0.3, 0.4) is 0 Å². The second-order valence-corrected chi connectivity index (χ2v) is 7.32. The fourth-order valence-corrected chi connectivity index (χ4v) is 4.06. The van der Waals surface area contributed by atoms with Crippen LogP contribution >= 0.6 is 0 Å². The van der Waals surface area contributed by atoms with Crippen molar-refractivity contribution in [2.75, 3.05) is 13.7 Å². The normalized spacial score (nSPS) is 16.7. The van der Waals surface area contributed by atoms with Crippen molar-refractivity contribution in [2.24, 2.45) is 0 Å². The molecule has 1 unspecified atom stereocenters. The van der Waals surface area contributed by atoms with Crippen LogP contribution in [0, 0.1) is 0 Å². The van der Waals surface area contributed by atoms with Crippen LogP contribution < -0.4 is 4.74 Å². The van der Waals surface area contributed by atoms with Crippen molar-refractivity contribution < 1.29 is 9.53 Å². The molecule has 4 aromatic rings. The first-order chi connectivity index (χ1) is 14.7. The quantitative estimate of drug-likeness (QED) is 0.490. The maximum absolute atomic E-state index is 12.9. The summed E-state index contributed by atoms with van der Waals surface area (Å²) >= 11 is 0. The molecule has 1 saturated heterocycles. The Hall–Kier alpha value is -3.74. The van der Waals surface area contributed by atoms with Crippen LogP contribution in [0.1, 0.15) is 30.3 Å². The van der Waals surface area contributed by atoms with Crippen molar-refractivity contribution in [1.82, 2.24) is 24.7 Å². The summed E-state index contributed by atoms with van der Waals surface area (Å²) in [4.78, 5) is 14.8. The molecule has 0 spiro atoms. The number of likely N-dealkylation sites (tertiary alicyclic amines) is 1. The Labute approximate surface area is 173 Å².